The van der Waals surface area contributed by atoms with E-state index in [0.29, 0.717) is 0 Å². The SMILES string of the molecule is C=CC1CN1CCCCC. The van der Waals surface area contributed by atoms with Crippen LogP contribution in [0.4, 0.5) is 0 Å². The van der Waals surface area contributed by atoms with E-state index in [0.717, 1.165) is 6.04 Å². The Balaban J connectivity index is 1.91. The summed E-state index contributed by atoms with van der Waals surface area (Å²) >= 11 is 0. The molecule has 0 saturated carbocycles. The van der Waals surface area contributed by atoms with Crippen LogP contribution in [0.1, 0.15) is 26.2 Å². The number of rotatable bonds is 5. The molecule has 1 aliphatic heterocycles. The van der Waals surface area contributed by atoms with Gasteiger partial charge in [-0.3, -0.25) is 4.90 Å². The van der Waals surface area contributed by atoms with Crippen LogP contribution in [0.25, 0.3) is 0 Å². The second-order valence-corrected chi connectivity index (χ2v) is 3.01. The van der Waals surface area contributed by atoms with E-state index in [-0.39, 0.29) is 0 Å². The predicted molar refractivity (Wildman–Crippen MR) is 45.1 cm³/mol. The van der Waals surface area contributed by atoms with Gasteiger partial charge in [0.1, 0.15) is 0 Å². The second kappa shape index (κ2) is 3.77. The molecular formula is C9H17N. The van der Waals surface area contributed by atoms with Crippen molar-refractivity contribution >= 4 is 0 Å². The molecule has 1 saturated heterocycles. The van der Waals surface area contributed by atoms with Crippen molar-refractivity contribution in [2.45, 2.75) is 32.2 Å². The Labute approximate surface area is 63.7 Å². The van der Waals surface area contributed by atoms with E-state index in [1.807, 2.05) is 6.08 Å². The van der Waals surface area contributed by atoms with Gasteiger partial charge >= 0.3 is 0 Å². The van der Waals surface area contributed by atoms with Gasteiger partial charge in [0.15, 0.2) is 0 Å². The molecule has 10 heavy (non-hydrogen) atoms. The molecule has 1 fully saturated rings. The summed E-state index contributed by atoms with van der Waals surface area (Å²) in [6.07, 6.45) is 6.11. The number of hydrogen-bond acceptors (Lipinski definition) is 1. The van der Waals surface area contributed by atoms with Crippen LogP contribution in [0.2, 0.25) is 0 Å². The highest BCUT2D eigenvalue weighted by Gasteiger charge is 2.29. The summed E-state index contributed by atoms with van der Waals surface area (Å²) in [6.45, 7) is 8.54. The largest absolute Gasteiger partial charge is 0.294 e. The normalized spacial score (nSPS) is 30.1. The van der Waals surface area contributed by atoms with E-state index in [4.69, 9.17) is 0 Å². The summed E-state index contributed by atoms with van der Waals surface area (Å²) in [4.78, 5) is 2.46. The van der Waals surface area contributed by atoms with Crippen LogP contribution >= 0.6 is 0 Å². The Morgan fingerprint density at radius 3 is 2.90 bits per heavy atom. The van der Waals surface area contributed by atoms with Crippen LogP contribution in [0.3, 0.4) is 0 Å². The average Bonchev–Trinajstić information content (AvgIpc) is 2.68. The van der Waals surface area contributed by atoms with Gasteiger partial charge < -0.3 is 0 Å². The topological polar surface area (TPSA) is 3.01 Å². The van der Waals surface area contributed by atoms with Gasteiger partial charge in [0.05, 0.1) is 0 Å². The van der Waals surface area contributed by atoms with Crippen molar-refractivity contribution < 1.29 is 0 Å². The third kappa shape index (κ3) is 2.14. The molecule has 0 aromatic heterocycles. The molecule has 2 unspecified atom stereocenters. The predicted octanol–water partition coefficient (Wildman–Crippen LogP) is 2.05. The van der Waals surface area contributed by atoms with Crippen LogP contribution in [0.15, 0.2) is 12.7 Å². The van der Waals surface area contributed by atoms with E-state index in [1.165, 1.54) is 32.4 Å². The second-order valence-electron chi connectivity index (χ2n) is 3.01. The molecule has 0 amide bonds. The molecule has 1 heteroatoms. The van der Waals surface area contributed by atoms with E-state index in [2.05, 4.69) is 18.4 Å². The van der Waals surface area contributed by atoms with Crippen LogP contribution in [0, 0.1) is 0 Å². The van der Waals surface area contributed by atoms with Crippen molar-refractivity contribution in [1.82, 2.24) is 4.90 Å². The van der Waals surface area contributed by atoms with Gasteiger partial charge in [0, 0.05) is 12.6 Å². The third-order valence-electron chi connectivity index (χ3n) is 2.08. The summed E-state index contributed by atoms with van der Waals surface area (Å²) in [5.74, 6) is 0. The Morgan fingerprint density at radius 1 is 1.60 bits per heavy atom. The molecule has 0 aliphatic carbocycles. The van der Waals surface area contributed by atoms with Crippen molar-refractivity contribution in [3.63, 3.8) is 0 Å². The monoisotopic (exact) mass is 139 g/mol. The highest BCUT2D eigenvalue weighted by Crippen LogP contribution is 2.18. The molecule has 2 atom stereocenters. The Hall–Kier alpha value is -0.300. The number of hydrogen-bond donors (Lipinski definition) is 0. The quantitative estimate of drug-likeness (QED) is 0.320. The van der Waals surface area contributed by atoms with Crippen LogP contribution in [0.5, 0.6) is 0 Å². The molecule has 0 spiro atoms. The van der Waals surface area contributed by atoms with Gasteiger partial charge in [0.2, 0.25) is 0 Å². The zero-order chi connectivity index (χ0) is 7.40. The van der Waals surface area contributed by atoms with Gasteiger partial charge in [-0.25, -0.2) is 0 Å². The lowest BCUT2D eigenvalue weighted by Crippen LogP contribution is -2.01. The Morgan fingerprint density at radius 2 is 2.40 bits per heavy atom. The molecule has 0 bridgehead atoms. The molecule has 1 aliphatic rings. The minimum Gasteiger partial charge on any atom is -0.294 e. The fourth-order valence-electron chi connectivity index (χ4n) is 1.24. The minimum atomic E-state index is 0.719. The molecule has 0 radical (unpaired) electrons. The fourth-order valence-corrected chi connectivity index (χ4v) is 1.24. The van der Waals surface area contributed by atoms with Crippen molar-refractivity contribution in [2.75, 3.05) is 13.1 Å². The molecule has 0 N–H and O–H groups in total. The Kier molecular flexibility index (Phi) is 2.94. The smallest absolute Gasteiger partial charge is 0.0404 e. The Bertz CT molecular complexity index is 109. The van der Waals surface area contributed by atoms with Crippen molar-refractivity contribution in [2.24, 2.45) is 0 Å². The summed E-state index contributed by atoms with van der Waals surface area (Å²) < 4.78 is 0. The maximum atomic E-state index is 3.76. The molecule has 1 nitrogen and oxygen atoms in total. The summed E-state index contributed by atoms with van der Waals surface area (Å²) in [5, 5.41) is 0. The van der Waals surface area contributed by atoms with Crippen LogP contribution < -0.4 is 0 Å². The first-order valence-electron chi connectivity index (χ1n) is 4.25. The van der Waals surface area contributed by atoms with E-state index < -0.39 is 0 Å². The van der Waals surface area contributed by atoms with E-state index in [1.54, 1.807) is 0 Å². The standard InChI is InChI=1S/C9H17N/c1-3-5-6-7-10-8-9(10)4-2/h4,9H,2-3,5-8H2,1H3. The summed E-state index contributed by atoms with van der Waals surface area (Å²) in [5.41, 5.74) is 0. The average molecular weight is 139 g/mol. The molecule has 58 valence electrons. The third-order valence-corrected chi connectivity index (χ3v) is 2.08. The van der Waals surface area contributed by atoms with Crippen LogP contribution in [-0.4, -0.2) is 24.0 Å². The van der Waals surface area contributed by atoms with E-state index >= 15 is 0 Å². The van der Waals surface area contributed by atoms with E-state index in [9.17, 15) is 0 Å². The lowest BCUT2D eigenvalue weighted by atomic mass is 10.2. The first-order valence-corrected chi connectivity index (χ1v) is 4.25. The lowest BCUT2D eigenvalue weighted by molar-refractivity contribution is 0.498. The van der Waals surface area contributed by atoms with Crippen molar-refractivity contribution in [1.29, 1.82) is 0 Å². The zero-order valence-corrected chi connectivity index (χ0v) is 6.84. The zero-order valence-electron chi connectivity index (χ0n) is 6.84. The highest BCUT2D eigenvalue weighted by molar-refractivity contribution is 5.01. The van der Waals surface area contributed by atoms with Gasteiger partial charge in [-0.1, -0.05) is 25.8 Å². The number of unbranched alkanes of at least 4 members (excludes halogenated alkanes) is 2. The molecule has 0 aromatic carbocycles. The lowest BCUT2D eigenvalue weighted by Gasteiger charge is -1.98. The summed E-state index contributed by atoms with van der Waals surface area (Å²) in [6, 6.07) is 0.719. The van der Waals surface area contributed by atoms with Gasteiger partial charge in [0.25, 0.3) is 0 Å². The molecule has 1 heterocycles. The molecule has 0 aromatic rings. The molecular weight excluding hydrogens is 122 g/mol. The summed E-state index contributed by atoms with van der Waals surface area (Å²) in [7, 11) is 0. The highest BCUT2D eigenvalue weighted by atomic mass is 15.3. The van der Waals surface area contributed by atoms with Crippen molar-refractivity contribution in [3.05, 3.63) is 12.7 Å². The fraction of sp³-hybridized carbons (Fsp3) is 0.778. The number of nitrogens with zero attached hydrogens (tertiary/aromatic N) is 1. The first kappa shape index (κ1) is 7.80. The minimum absolute atomic E-state index is 0.719. The van der Waals surface area contributed by atoms with Crippen molar-refractivity contribution in [3.8, 4) is 0 Å². The van der Waals surface area contributed by atoms with Gasteiger partial charge in [-0.15, -0.1) is 6.58 Å². The maximum Gasteiger partial charge on any atom is 0.0404 e. The van der Waals surface area contributed by atoms with Crippen LogP contribution in [-0.2, 0) is 0 Å². The first-order chi connectivity index (χ1) is 4.88. The van der Waals surface area contributed by atoms with Gasteiger partial charge in [-0.2, -0.15) is 0 Å². The molecule has 1 rings (SSSR count). The maximum absolute atomic E-state index is 3.76. The van der Waals surface area contributed by atoms with Gasteiger partial charge in [-0.05, 0) is 13.0 Å².